The van der Waals surface area contributed by atoms with Gasteiger partial charge in [0, 0.05) is 25.6 Å². The molecular formula is C20H32N2O4S. The SMILES string of the molecule is CC(C)(C)c1ccc(OCCCC(=O)NC2CCN(S(C)(=O)=O)CC2)cc1. The van der Waals surface area contributed by atoms with Crippen molar-refractivity contribution in [1.29, 1.82) is 0 Å². The summed E-state index contributed by atoms with van der Waals surface area (Å²) in [6, 6.07) is 8.14. The quantitative estimate of drug-likeness (QED) is 0.719. The molecule has 0 saturated carbocycles. The van der Waals surface area contributed by atoms with E-state index in [4.69, 9.17) is 4.74 Å². The molecule has 1 aliphatic rings. The van der Waals surface area contributed by atoms with Crippen LogP contribution in [0.1, 0.15) is 52.0 Å². The molecule has 0 atom stereocenters. The molecule has 6 nitrogen and oxygen atoms in total. The molecule has 1 fully saturated rings. The molecule has 1 aliphatic heterocycles. The molecule has 2 rings (SSSR count). The van der Waals surface area contributed by atoms with E-state index in [2.05, 4.69) is 38.2 Å². The number of nitrogens with zero attached hydrogens (tertiary/aromatic N) is 1. The van der Waals surface area contributed by atoms with Crippen LogP contribution in [0.25, 0.3) is 0 Å². The Morgan fingerprint density at radius 2 is 1.78 bits per heavy atom. The Morgan fingerprint density at radius 1 is 1.19 bits per heavy atom. The Labute approximate surface area is 163 Å². The predicted octanol–water partition coefficient (Wildman–Crippen LogP) is 2.68. The zero-order valence-electron chi connectivity index (χ0n) is 16.8. The summed E-state index contributed by atoms with van der Waals surface area (Å²) in [7, 11) is -3.13. The van der Waals surface area contributed by atoms with Crippen molar-refractivity contribution in [2.45, 2.75) is 57.9 Å². The number of amides is 1. The number of piperidine rings is 1. The van der Waals surface area contributed by atoms with Crippen LogP contribution < -0.4 is 10.1 Å². The molecule has 1 aromatic carbocycles. The summed E-state index contributed by atoms with van der Waals surface area (Å²) in [6.45, 7) is 7.95. The number of rotatable bonds is 7. The van der Waals surface area contributed by atoms with Gasteiger partial charge < -0.3 is 10.1 Å². The summed E-state index contributed by atoms with van der Waals surface area (Å²) < 4.78 is 30.2. The maximum Gasteiger partial charge on any atom is 0.220 e. The second kappa shape index (κ2) is 9.06. The van der Waals surface area contributed by atoms with Gasteiger partial charge in [0.05, 0.1) is 12.9 Å². The van der Waals surface area contributed by atoms with Crippen molar-refractivity contribution in [1.82, 2.24) is 9.62 Å². The lowest BCUT2D eigenvalue weighted by atomic mass is 9.87. The third-order valence-electron chi connectivity index (χ3n) is 4.83. The minimum atomic E-state index is -3.13. The first-order valence-electron chi connectivity index (χ1n) is 9.53. The molecule has 7 heteroatoms. The van der Waals surface area contributed by atoms with Crippen LogP contribution in [0.2, 0.25) is 0 Å². The topological polar surface area (TPSA) is 75.7 Å². The monoisotopic (exact) mass is 396 g/mol. The highest BCUT2D eigenvalue weighted by molar-refractivity contribution is 7.88. The number of hydrogen-bond donors (Lipinski definition) is 1. The second-order valence-corrected chi connectivity index (χ2v) is 10.2. The number of ether oxygens (including phenoxy) is 1. The minimum Gasteiger partial charge on any atom is -0.494 e. The molecule has 0 radical (unpaired) electrons. The molecule has 1 amide bonds. The van der Waals surface area contributed by atoms with Crippen LogP contribution in [0, 0.1) is 0 Å². The van der Waals surface area contributed by atoms with Crippen LogP contribution in [0.15, 0.2) is 24.3 Å². The molecule has 0 bridgehead atoms. The highest BCUT2D eigenvalue weighted by atomic mass is 32.2. The van der Waals surface area contributed by atoms with Gasteiger partial charge in [0.1, 0.15) is 5.75 Å². The predicted molar refractivity (Wildman–Crippen MR) is 107 cm³/mol. The van der Waals surface area contributed by atoms with Gasteiger partial charge in [-0.15, -0.1) is 0 Å². The molecular weight excluding hydrogens is 364 g/mol. The average Bonchev–Trinajstić information content (AvgIpc) is 2.58. The van der Waals surface area contributed by atoms with Crippen LogP contribution in [0.5, 0.6) is 5.75 Å². The van der Waals surface area contributed by atoms with E-state index in [0.717, 1.165) is 5.75 Å². The molecule has 1 N–H and O–H groups in total. The number of nitrogens with one attached hydrogen (secondary N) is 1. The average molecular weight is 397 g/mol. The lowest BCUT2D eigenvalue weighted by molar-refractivity contribution is -0.122. The van der Waals surface area contributed by atoms with Crippen molar-refractivity contribution in [3.63, 3.8) is 0 Å². The first-order chi connectivity index (χ1) is 12.6. The highest BCUT2D eigenvalue weighted by Crippen LogP contribution is 2.24. The number of carbonyl (C=O) groups is 1. The Morgan fingerprint density at radius 3 is 2.30 bits per heavy atom. The normalized spacial score (nSPS) is 16.9. The molecule has 0 aliphatic carbocycles. The first-order valence-corrected chi connectivity index (χ1v) is 11.4. The van der Waals surface area contributed by atoms with Crippen molar-refractivity contribution < 1.29 is 17.9 Å². The standard InChI is InChI=1S/C20H32N2O4S/c1-20(2,3)16-7-9-18(10-8-16)26-15-5-6-19(23)21-17-11-13-22(14-12-17)27(4,24)25/h7-10,17H,5-6,11-15H2,1-4H3,(H,21,23). The Balaban J connectivity index is 1.64. The molecule has 0 aromatic heterocycles. The number of hydrogen-bond acceptors (Lipinski definition) is 4. The summed E-state index contributed by atoms with van der Waals surface area (Å²) in [6.07, 6.45) is 3.61. The molecule has 0 unspecified atom stereocenters. The maximum absolute atomic E-state index is 12.1. The van der Waals surface area contributed by atoms with Gasteiger partial charge in [-0.3, -0.25) is 4.79 Å². The Bertz CT molecular complexity index is 715. The van der Waals surface area contributed by atoms with E-state index >= 15 is 0 Å². The molecule has 27 heavy (non-hydrogen) atoms. The van der Waals surface area contributed by atoms with Crippen LogP contribution in [-0.4, -0.2) is 50.6 Å². The van der Waals surface area contributed by atoms with Crippen molar-refractivity contribution in [2.75, 3.05) is 26.0 Å². The van der Waals surface area contributed by atoms with E-state index in [1.165, 1.54) is 16.1 Å². The maximum atomic E-state index is 12.1. The summed E-state index contributed by atoms with van der Waals surface area (Å²) >= 11 is 0. The van der Waals surface area contributed by atoms with Crippen LogP contribution in [-0.2, 0) is 20.2 Å². The van der Waals surface area contributed by atoms with Gasteiger partial charge in [-0.05, 0) is 42.4 Å². The molecule has 1 saturated heterocycles. The van der Waals surface area contributed by atoms with Gasteiger partial charge in [-0.2, -0.15) is 0 Å². The summed E-state index contributed by atoms with van der Waals surface area (Å²) in [5, 5.41) is 3.00. The van der Waals surface area contributed by atoms with Gasteiger partial charge in [-0.1, -0.05) is 32.9 Å². The largest absolute Gasteiger partial charge is 0.494 e. The van der Waals surface area contributed by atoms with Gasteiger partial charge in [0.25, 0.3) is 0 Å². The number of sulfonamides is 1. The summed E-state index contributed by atoms with van der Waals surface area (Å²) in [4.78, 5) is 12.1. The second-order valence-electron chi connectivity index (χ2n) is 8.23. The van der Waals surface area contributed by atoms with Crippen molar-refractivity contribution in [2.24, 2.45) is 0 Å². The van der Waals surface area contributed by atoms with Crippen molar-refractivity contribution in [3.05, 3.63) is 29.8 Å². The smallest absolute Gasteiger partial charge is 0.220 e. The van der Waals surface area contributed by atoms with Crippen molar-refractivity contribution in [3.8, 4) is 5.75 Å². The van der Waals surface area contributed by atoms with E-state index in [1.54, 1.807) is 0 Å². The molecule has 1 aromatic rings. The van der Waals surface area contributed by atoms with Gasteiger partial charge in [-0.25, -0.2) is 12.7 Å². The lowest BCUT2D eigenvalue weighted by Gasteiger charge is -2.30. The molecule has 0 spiro atoms. The Hall–Kier alpha value is -1.60. The third kappa shape index (κ3) is 7.14. The zero-order chi connectivity index (χ0) is 20.1. The minimum absolute atomic E-state index is 0.000476. The first kappa shape index (κ1) is 21.7. The van der Waals surface area contributed by atoms with Gasteiger partial charge in [0.15, 0.2) is 0 Å². The number of carbonyl (C=O) groups excluding carboxylic acids is 1. The van der Waals surface area contributed by atoms with E-state index in [-0.39, 0.29) is 17.4 Å². The van der Waals surface area contributed by atoms with E-state index in [1.807, 2.05) is 12.1 Å². The summed E-state index contributed by atoms with van der Waals surface area (Å²) in [5.41, 5.74) is 1.38. The highest BCUT2D eigenvalue weighted by Gasteiger charge is 2.25. The fourth-order valence-electron chi connectivity index (χ4n) is 3.11. The van der Waals surface area contributed by atoms with Crippen molar-refractivity contribution >= 4 is 15.9 Å². The lowest BCUT2D eigenvalue weighted by Crippen LogP contribution is -2.46. The van der Waals surface area contributed by atoms with E-state index in [0.29, 0.717) is 45.4 Å². The number of benzene rings is 1. The van der Waals surface area contributed by atoms with Crippen LogP contribution >= 0.6 is 0 Å². The van der Waals surface area contributed by atoms with Crippen LogP contribution in [0.4, 0.5) is 0 Å². The zero-order valence-corrected chi connectivity index (χ0v) is 17.6. The fraction of sp³-hybridized carbons (Fsp3) is 0.650. The van der Waals surface area contributed by atoms with Crippen LogP contribution in [0.3, 0.4) is 0 Å². The van der Waals surface area contributed by atoms with E-state index in [9.17, 15) is 13.2 Å². The Kier molecular flexibility index (Phi) is 7.28. The summed E-state index contributed by atoms with van der Waals surface area (Å²) in [5.74, 6) is 0.816. The van der Waals surface area contributed by atoms with Gasteiger partial charge >= 0.3 is 0 Å². The molecule has 1 heterocycles. The van der Waals surface area contributed by atoms with Gasteiger partial charge in [0.2, 0.25) is 15.9 Å². The fourth-order valence-corrected chi connectivity index (χ4v) is 3.98. The third-order valence-corrected chi connectivity index (χ3v) is 6.13. The van der Waals surface area contributed by atoms with E-state index < -0.39 is 10.0 Å². The molecule has 152 valence electrons.